The average Bonchev–Trinajstić information content (AvgIpc) is 2.72. The highest BCUT2D eigenvalue weighted by atomic mass is 16.5. The summed E-state index contributed by atoms with van der Waals surface area (Å²) in [5, 5.41) is 14.8. The molecule has 0 saturated carbocycles. The molecule has 2 rings (SSSR count). The van der Waals surface area contributed by atoms with Crippen LogP contribution in [0.1, 0.15) is 0 Å². The molecule has 3 N–H and O–H groups in total. The monoisotopic (exact) mass is 235 g/mol. The van der Waals surface area contributed by atoms with Crippen LogP contribution in [0.25, 0.3) is 5.82 Å². The first kappa shape index (κ1) is 11.3. The number of ether oxygens (including phenoxy) is 1. The quantitative estimate of drug-likeness (QED) is 0.685. The van der Waals surface area contributed by atoms with Crippen LogP contribution in [0.5, 0.6) is 0 Å². The molecule has 90 valence electrons. The number of anilines is 2. The molecule has 8 nitrogen and oxygen atoms in total. The summed E-state index contributed by atoms with van der Waals surface area (Å²) < 4.78 is 6.33. The Morgan fingerprint density at radius 2 is 2.41 bits per heavy atom. The maximum absolute atomic E-state index is 5.73. The molecule has 0 amide bonds. The Balaban J connectivity index is 2.14. The summed E-state index contributed by atoms with van der Waals surface area (Å²) in [6.07, 6.45) is 1.58. The Kier molecular flexibility index (Phi) is 3.46. The molecule has 0 aliphatic carbocycles. The lowest BCUT2D eigenvalue weighted by Gasteiger charge is -1.99. The van der Waals surface area contributed by atoms with Crippen LogP contribution in [0.2, 0.25) is 0 Å². The number of hydrogen-bond donors (Lipinski definition) is 2. The van der Waals surface area contributed by atoms with E-state index in [4.69, 9.17) is 10.5 Å². The number of hydrogen-bond acceptors (Lipinski definition) is 7. The fourth-order valence-corrected chi connectivity index (χ4v) is 1.24. The van der Waals surface area contributed by atoms with Crippen molar-refractivity contribution in [2.24, 2.45) is 0 Å². The fourth-order valence-electron chi connectivity index (χ4n) is 1.24. The van der Waals surface area contributed by atoms with Crippen molar-refractivity contribution in [3.05, 3.63) is 18.3 Å². The minimum absolute atomic E-state index is 0.255. The summed E-state index contributed by atoms with van der Waals surface area (Å²) >= 11 is 0. The number of nitrogens with zero attached hydrogens (tertiary/aromatic N) is 5. The molecule has 0 saturated heterocycles. The van der Waals surface area contributed by atoms with Crippen molar-refractivity contribution in [1.82, 2.24) is 25.0 Å². The van der Waals surface area contributed by atoms with Crippen LogP contribution < -0.4 is 11.1 Å². The van der Waals surface area contributed by atoms with Crippen LogP contribution in [-0.2, 0) is 4.74 Å². The van der Waals surface area contributed by atoms with E-state index in [9.17, 15) is 0 Å². The molecule has 0 fully saturated rings. The van der Waals surface area contributed by atoms with Crippen LogP contribution in [0, 0.1) is 0 Å². The predicted molar refractivity (Wildman–Crippen MR) is 61.7 cm³/mol. The molecular formula is C9H13N7O. The van der Waals surface area contributed by atoms with E-state index in [1.165, 1.54) is 4.68 Å². The molecule has 0 aliphatic rings. The van der Waals surface area contributed by atoms with Gasteiger partial charge in [0.05, 0.1) is 6.61 Å². The van der Waals surface area contributed by atoms with E-state index >= 15 is 0 Å². The van der Waals surface area contributed by atoms with Crippen molar-refractivity contribution in [2.75, 3.05) is 31.3 Å². The van der Waals surface area contributed by atoms with Gasteiger partial charge in [0.2, 0.25) is 11.9 Å². The minimum Gasteiger partial charge on any atom is -0.383 e. The lowest BCUT2D eigenvalue weighted by Crippen LogP contribution is -2.09. The van der Waals surface area contributed by atoms with Crippen molar-refractivity contribution in [3.63, 3.8) is 0 Å². The number of methoxy groups -OCH3 is 1. The minimum atomic E-state index is 0.255. The Morgan fingerprint density at radius 3 is 3.12 bits per heavy atom. The summed E-state index contributed by atoms with van der Waals surface area (Å²) in [4.78, 5) is 4.05. The zero-order valence-electron chi connectivity index (χ0n) is 9.37. The van der Waals surface area contributed by atoms with Crippen molar-refractivity contribution in [1.29, 1.82) is 0 Å². The smallest absolute Gasteiger partial charge is 0.244 e. The Labute approximate surface area is 97.8 Å². The van der Waals surface area contributed by atoms with E-state index in [1.54, 1.807) is 25.4 Å². The lowest BCUT2D eigenvalue weighted by molar-refractivity contribution is 0.210. The summed E-state index contributed by atoms with van der Waals surface area (Å²) in [7, 11) is 1.63. The SMILES string of the molecule is COCCNc1nc(N)n(-c2cccnn2)n1. The normalized spacial score (nSPS) is 10.4. The first-order chi connectivity index (χ1) is 8.31. The molecule has 2 aromatic rings. The number of rotatable bonds is 5. The molecule has 8 heteroatoms. The molecule has 0 atom stereocenters. The molecule has 0 bridgehead atoms. The molecule has 0 aliphatic heterocycles. The largest absolute Gasteiger partial charge is 0.383 e. The van der Waals surface area contributed by atoms with Crippen LogP contribution >= 0.6 is 0 Å². The highest BCUT2D eigenvalue weighted by Crippen LogP contribution is 2.09. The van der Waals surface area contributed by atoms with Crippen LogP contribution in [-0.4, -0.2) is 45.2 Å². The van der Waals surface area contributed by atoms with Gasteiger partial charge < -0.3 is 15.8 Å². The predicted octanol–water partition coefficient (Wildman–Crippen LogP) is -0.302. The highest BCUT2D eigenvalue weighted by Gasteiger charge is 2.08. The van der Waals surface area contributed by atoms with Crippen LogP contribution in [0.15, 0.2) is 18.3 Å². The van der Waals surface area contributed by atoms with Gasteiger partial charge in [-0.15, -0.1) is 10.2 Å². The van der Waals surface area contributed by atoms with Crippen LogP contribution in [0.4, 0.5) is 11.9 Å². The maximum Gasteiger partial charge on any atom is 0.244 e. The van der Waals surface area contributed by atoms with Crippen molar-refractivity contribution >= 4 is 11.9 Å². The standard InChI is InChI=1S/C9H13N7O/c1-17-6-5-11-9-13-8(10)16(15-9)7-3-2-4-12-14-7/h2-4H,5-6H2,1H3,(H3,10,11,13,15). The van der Waals surface area contributed by atoms with Gasteiger partial charge >= 0.3 is 0 Å². The van der Waals surface area contributed by atoms with E-state index in [-0.39, 0.29) is 5.95 Å². The number of nitrogens with two attached hydrogens (primary N) is 1. The molecular weight excluding hydrogens is 222 g/mol. The van der Waals surface area contributed by atoms with Gasteiger partial charge in [0, 0.05) is 19.9 Å². The molecule has 2 aromatic heterocycles. The van der Waals surface area contributed by atoms with Crippen molar-refractivity contribution < 1.29 is 4.74 Å². The van der Waals surface area contributed by atoms with Gasteiger partial charge in [-0.05, 0) is 12.1 Å². The van der Waals surface area contributed by atoms with E-state index in [2.05, 4.69) is 25.6 Å². The average molecular weight is 235 g/mol. The van der Waals surface area contributed by atoms with Gasteiger partial charge in [-0.3, -0.25) is 0 Å². The van der Waals surface area contributed by atoms with E-state index < -0.39 is 0 Å². The Bertz CT molecular complexity index is 469. The lowest BCUT2D eigenvalue weighted by atomic mass is 10.5. The van der Waals surface area contributed by atoms with E-state index in [0.29, 0.717) is 24.9 Å². The molecule has 0 unspecified atom stereocenters. The Morgan fingerprint density at radius 1 is 1.53 bits per heavy atom. The third-order valence-corrected chi connectivity index (χ3v) is 2.00. The second-order valence-electron chi connectivity index (χ2n) is 3.21. The van der Waals surface area contributed by atoms with Crippen LogP contribution in [0.3, 0.4) is 0 Å². The Hall–Kier alpha value is -2.22. The van der Waals surface area contributed by atoms with E-state index in [0.717, 1.165) is 0 Å². The third kappa shape index (κ3) is 2.67. The first-order valence-electron chi connectivity index (χ1n) is 5.04. The van der Waals surface area contributed by atoms with Gasteiger partial charge in [0.15, 0.2) is 5.82 Å². The summed E-state index contributed by atoms with van der Waals surface area (Å²) in [5.74, 6) is 1.22. The second kappa shape index (κ2) is 5.21. The van der Waals surface area contributed by atoms with Gasteiger partial charge in [0.25, 0.3) is 0 Å². The zero-order valence-corrected chi connectivity index (χ0v) is 9.37. The molecule has 0 aromatic carbocycles. The van der Waals surface area contributed by atoms with Crippen molar-refractivity contribution in [3.8, 4) is 5.82 Å². The molecule has 2 heterocycles. The van der Waals surface area contributed by atoms with Gasteiger partial charge in [-0.25, -0.2) is 0 Å². The van der Waals surface area contributed by atoms with Gasteiger partial charge in [-0.1, -0.05) is 0 Å². The maximum atomic E-state index is 5.73. The summed E-state index contributed by atoms with van der Waals surface area (Å²) in [5.41, 5.74) is 5.73. The van der Waals surface area contributed by atoms with E-state index in [1.807, 2.05) is 0 Å². The van der Waals surface area contributed by atoms with Gasteiger partial charge in [-0.2, -0.15) is 14.8 Å². The van der Waals surface area contributed by atoms with Crippen molar-refractivity contribution in [2.45, 2.75) is 0 Å². The topological polar surface area (TPSA) is 104 Å². The molecule has 0 radical (unpaired) electrons. The summed E-state index contributed by atoms with van der Waals surface area (Å²) in [6.45, 7) is 1.18. The molecule has 0 spiro atoms. The zero-order chi connectivity index (χ0) is 12.1. The van der Waals surface area contributed by atoms with Gasteiger partial charge in [0.1, 0.15) is 0 Å². The number of nitrogen functional groups attached to an aromatic ring is 1. The highest BCUT2D eigenvalue weighted by molar-refractivity contribution is 5.37. The first-order valence-corrected chi connectivity index (χ1v) is 5.04. The third-order valence-electron chi connectivity index (χ3n) is 2.00. The summed E-state index contributed by atoms with van der Waals surface area (Å²) in [6, 6.07) is 3.50. The number of aromatic nitrogens is 5. The fraction of sp³-hybridized carbons (Fsp3) is 0.333. The second-order valence-corrected chi connectivity index (χ2v) is 3.21. The molecule has 17 heavy (non-hydrogen) atoms. The number of nitrogens with one attached hydrogen (secondary N) is 1.